The molecular formula is C18H16FN5O4S. The van der Waals surface area contributed by atoms with E-state index in [1.807, 2.05) is 0 Å². The second-order valence-corrected chi connectivity index (χ2v) is 8.04. The number of nitrogens with zero attached hydrogens (tertiary/aromatic N) is 2. The minimum Gasteiger partial charge on any atom is -0.364 e. The number of aryl methyl sites for hydroxylation is 1. The topological polar surface area (TPSA) is 150 Å². The molecule has 0 aliphatic heterocycles. The number of amides is 3. The van der Waals surface area contributed by atoms with Gasteiger partial charge in [0.15, 0.2) is 5.69 Å². The molecule has 11 heteroatoms. The van der Waals surface area contributed by atoms with E-state index in [-0.39, 0.29) is 21.2 Å². The number of hydrogen-bond acceptors (Lipinski definition) is 5. The summed E-state index contributed by atoms with van der Waals surface area (Å²) in [6, 6.07) is 7.86. The summed E-state index contributed by atoms with van der Waals surface area (Å²) in [5.41, 5.74) is 11.1. The summed E-state index contributed by atoms with van der Waals surface area (Å²) in [4.78, 5) is 22.6. The molecule has 0 fully saturated rings. The number of nitrogens with one attached hydrogen (secondary N) is 1. The minimum atomic E-state index is -3.85. The summed E-state index contributed by atoms with van der Waals surface area (Å²) in [6.45, 7) is 1.64. The van der Waals surface area contributed by atoms with Gasteiger partial charge in [-0.15, -0.1) is 0 Å². The van der Waals surface area contributed by atoms with Gasteiger partial charge < -0.3 is 16.8 Å². The number of hydrogen-bond donors (Lipinski definition) is 3. The highest BCUT2D eigenvalue weighted by atomic mass is 32.2. The summed E-state index contributed by atoms with van der Waals surface area (Å²) in [7, 11) is -3.85. The third-order valence-corrected chi connectivity index (χ3v) is 5.82. The van der Waals surface area contributed by atoms with Crippen molar-refractivity contribution >= 4 is 27.5 Å². The molecule has 0 bridgehead atoms. The molecule has 3 rings (SSSR count). The molecule has 0 spiro atoms. The van der Waals surface area contributed by atoms with E-state index in [0.717, 1.165) is 12.1 Å². The van der Waals surface area contributed by atoms with Gasteiger partial charge in [-0.2, -0.15) is 5.10 Å². The number of anilines is 1. The summed E-state index contributed by atoms with van der Waals surface area (Å²) >= 11 is 0. The van der Waals surface area contributed by atoms with Crippen LogP contribution in [0.1, 0.15) is 16.1 Å². The van der Waals surface area contributed by atoms with Crippen LogP contribution in [0.4, 0.5) is 14.9 Å². The molecule has 1 heterocycles. The predicted octanol–water partition coefficient (Wildman–Crippen LogP) is 1.74. The molecule has 0 aliphatic carbocycles. The standard InChI is InChI=1S/C18H16FN5O4S/c1-10-8-13(29(27,28)12-4-2-11(19)3-5-12)6-7-15(10)24-9-14(22-18(21)26)16(23-24)17(20)25/h2-9H,1H3,(H2,20,25)(H3,21,22,26). The maximum absolute atomic E-state index is 13.1. The van der Waals surface area contributed by atoms with Crippen LogP contribution >= 0.6 is 0 Å². The number of rotatable bonds is 5. The molecule has 0 saturated carbocycles. The Morgan fingerprint density at radius 2 is 1.69 bits per heavy atom. The molecule has 150 valence electrons. The Labute approximate surface area is 165 Å². The Hall–Kier alpha value is -3.73. The van der Waals surface area contributed by atoms with E-state index in [1.165, 1.54) is 41.2 Å². The number of urea groups is 1. The molecule has 9 nitrogen and oxygen atoms in total. The lowest BCUT2D eigenvalue weighted by atomic mass is 10.2. The van der Waals surface area contributed by atoms with Crippen molar-refractivity contribution in [1.82, 2.24) is 9.78 Å². The van der Waals surface area contributed by atoms with Crippen LogP contribution < -0.4 is 16.8 Å². The van der Waals surface area contributed by atoms with E-state index in [9.17, 15) is 22.4 Å². The van der Waals surface area contributed by atoms with Gasteiger partial charge in [-0.25, -0.2) is 22.3 Å². The lowest BCUT2D eigenvalue weighted by molar-refractivity contribution is 0.0996. The molecule has 1 aromatic heterocycles. The quantitative estimate of drug-likeness (QED) is 0.540. The fraction of sp³-hybridized carbons (Fsp3) is 0.0556. The first-order valence-electron chi connectivity index (χ1n) is 8.17. The predicted molar refractivity (Wildman–Crippen MR) is 102 cm³/mol. The molecule has 3 amide bonds. The molecule has 0 unspecified atom stereocenters. The largest absolute Gasteiger partial charge is 0.364 e. The number of halogens is 1. The van der Waals surface area contributed by atoms with Crippen LogP contribution in [-0.4, -0.2) is 30.1 Å². The van der Waals surface area contributed by atoms with Crippen LogP contribution in [0.5, 0.6) is 0 Å². The molecule has 0 aliphatic rings. The highest BCUT2D eigenvalue weighted by molar-refractivity contribution is 7.91. The lowest BCUT2D eigenvalue weighted by Crippen LogP contribution is -2.22. The van der Waals surface area contributed by atoms with Crippen LogP contribution in [-0.2, 0) is 9.84 Å². The average Bonchev–Trinajstić information content (AvgIpc) is 3.05. The maximum Gasteiger partial charge on any atom is 0.316 e. The van der Waals surface area contributed by atoms with E-state index in [0.29, 0.717) is 11.3 Å². The van der Waals surface area contributed by atoms with Crippen molar-refractivity contribution in [2.75, 3.05) is 5.32 Å². The highest BCUT2D eigenvalue weighted by Crippen LogP contribution is 2.26. The Kier molecular flexibility index (Phi) is 5.08. The van der Waals surface area contributed by atoms with Crippen LogP contribution in [0.2, 0.25) is 0 Å². The van der Waals surface area contributed by atoms with E-state index >= 15 is 0 Å². The molecule has 3 aromatic rings. The zero-order valence-corrected chi connectivity index (χ0v) is 15.9. The van der Waals surface area contributed by atoms with Crippen LogP contribution in [0.15, 0.2) is 58.5 Å². The second kappa shape index (κ2) is 7.36. The van der Waals surface area contributed by atoms with Crippen molar-refractivity contribution in [2.45, 2.75) is 16.7 Å². The van der Waals surface area contributed by atoms with Gasteiger partial charge in [0, 0.05) is 0 Å². The third-order valence-electron chi connectivity index (χ3n) is 4.05. The summed E-state index contributed by atoms with van der Waals surface area (Å²) in [5, 5.41) is 6.29. The molecule has 2 aromatic carbocycles. The fourth-order valence-corrected chi connectivity index (χ4v) is 4.05. The zero-order chi connectivity index (χ0) is 21.3. The van der Waals surface area contributed by atoms with Gasteiger partial charge in [0.25, 0.3) is 5.91 Å². The van der Waals surface area contributed by atoms with Crippen molar-refractivity contribution in [3.05, 3.63) is 65.7 Å². The van der Waals surface area contributed by atoms with Gasteiger partial charge in [0.2, 0.25) is 9.84 Å². The zero-order valence-electron chi connectivity index (χ0n) is 15.1. The van der Waals surface area contributed by atoms with Gasteiger partial charge in [0.05, 0.1) is 27.4 Å². The normalized spacial score (nSPS) is 11.2. The minimum absolute atomic E-state index is 0.00289. The molecule has 0 radical (unpaired) electrons. The number of primary amides is 2. The first-order valence-corrected chi connectivity index (χ1v) is 9.65. The summed E-state index contributed by atoms with van der Waals surface area (Å²) in [6.07, 6.45) is 1.33. The summed E-state index contributed by atoms with van der Waals surface area (Å²) < 4.78 is 39.8. The van der Waals surface area contributed by atoms with Crippen LogP contribution in [0.3, 0.4) is 0 Å². The summed E-state index contributed by atoms with van der Waals surface area (Å²) in [5.74, 6) is -1.42. The number of benzene rings is 2. The number of nitrogens with two attached hydrogens (primary N) is 2. The van der Waals surface area contributed by atoms with Gasteiger partial charge in [-0.3, -0.25) is 4.79 Å². The fourth-order valence-electron chi connectivity index (χ4n) is 2.71. The average molecular weight is 417 g/mol. The smallest absolute Gasteiger partial charge is 0.316 e. The van der Waals surface area contributed by atoms with Crippen molar-refractivity contribution < 1.29 is 22.4 Å². The second-order valence-electron chi connectivity index (χ2n) is 6.10. The van der Waals surface area contributed by atoms with Gasteiger partial charge in [-0.1, -0.05) is 0 Å². The molecule has 29 heavy (non-hydrogen) atoms. The third kappa shape index (κ3) is 3.94. The first kappa shape index (κ1) is 20.0. The lowest BCUT2D eigenvalue weighted by Gasteiger charge is -2.10. The van der Waals surface area contributed by atoms with E-state index in [1.54, 1.807) is 6.92 Å². The molecule has 0 atom stereocenters. The van der Waals surface area contributed by atoms with Gasteiger partial charge in [0.1, 0.15) is 5.82 Å². The van der Waals surface area contributed by atoms with E-state index < -0.39 is 27.6 Å². The first-order chi connectivity index (χ1) is 13.6. The number of carbonyl (C=O) groups excluding carboxylic acids is 2. The number of sulfone groups is 1. The number of aromatic nitrogens is 2. The van der Waals surface area contributed by atoms with Crippen molar-refractivity contribution in [1.29, 1.82) is 0 Å². The van der Waals surface area contributed by atoms with E-state index in [2.05, 4.69) is 10.4 Å². The van der Waals surface area contributed by atoms with Gasteiger partial charge in [-0.05, 0) is 55.0 Å². The van der Waals surface area contributed by atoms with Crippen LogP contribution in [0, 0.1) is 12.7 Å². The highest BCUT2D eigenvalue weighted by Gasteiger charge is 2.21. The Morgan fingerprint density at radius 3 is 2.24 bits per heavy atom. The maximum atomic E-state index is 13.1. The SMILES string of the molecule is Cc1cc(S(=O)(=O)c2ccc(F)cc2)ccc1-n1cc(NC(N)=O)c(C(N)=O)n1. The van der Waals surface area contributed by atoms with Crippen molar-refractivity contribution in [3.8, 4) is 5.69 Å². The van der Waals surface area contributed by atoms with Gasteiger partial charge >= 0.3 is 6.03 Å². The molecule has 0 saturated heterocycles. The van der Waals surface area contributed by atoms with E-state index in [4.69, 9.17) is 11.5 Å². The van der Waals surface area contributed by atoms with Crippen molar-refractivity contribution in [2.24, 2.45) is 11.5 Å². The Balaban J connectivity index is 2.03. The number of carbonyl (C=O) groups is 2. The Morgan fingerprint density at radius 1 is 1.07 bits per heavy atom. The molecule has 5 N–H and O–H groups in total. The monoisotopic (exact) mass is 417 g/mol. The van der Waals surface area contributed by atoms with Crippen LogP contribution in [0.25, 0.3) is 5.69 Å². The van der Waals surface area contributed by atoms with Crippen molar-refractivity contribution in [3.63, 3.8) is 0 Å². The molecular weight excluding hydrogens is 401 g/mol. The Bertz CT molecular complexity index is 1220.